The summed E-state index contributed by atoms with van der Waals surface area (Å²) in [5.74, 6) is 0.547. The molecular formula is C18H19N3O. The monoisotopic (exact) mass is 293 g/mol. The Balaban J connectivity index is 1.82. The first-order valence-electron chi connectivity index (χ1n) is 7.58. The number of nitriles is 1. The quantitative estimate of drug-likeness (QED) is 0.945. The highest BCUT2D eigenvalue weighted by molar-refractivity contribution is 5.58. The van der Waals surface area contributed by atoms with E-state index in [0.717, 1.165) is 25.2 Å². The molecule has 1 saturated heterocycles. The molecule has 1 aromatic heterocycles. The molecule has 22 heavy (non-hydrogen) atoms. The van der Waals surface area contributed by atoms with Crippen molar-refractivity contribution in [2.24, 2.45) is 5.92 Å². The normalized spacial score (nSPS) is 21.4. The summed E-state index contributed by atoms with van der Waals surface area (Å²) >= 11 is 0. The Morgan fingerprint density at radius 3 is 2.82 bits per heavy atom. The lowest BCUT2D eigenvalue weighted by molar-refractivity contribution is 0.189. The van der Waals surface area contributed by atoms with Crippen LogP contribution in [0, 0.1) is 17.2 Å². The molecule has 4 nitrogen and oxygen atoms in total. The minimum Gasteiger partial charge on any atom is -0.396 e. The minimum atomic E-state index is 0.156. The van der Waals surface area contributed by atoms with E-state index < -0.39 is 0 Å². The Bertz CT molecular complexity index is 666. The first-order chi connectivity index (χ1) is 10.8. The molecule has 1 N–H and O–H groups in total. The summed E-state index contributed by atoms with van der Waals surface area (Å²) in [6, 6.07) is 14.5. The van der Waals surface area contributed by atoms with Gasteiger partial charge in [-0.2, -0.15) is 5.26 Å². The van der Waals surface area contributed by atoms with Crippen LogP contribution in [0.3, 0.4) is 0 Å². The van der Waals surface area contributed by atoms with Gasteiger partial charge in [0.1, 0.15) is 6.07 Å². The van der Waals surface area contributed by atoms with E-state index in [2.05, 4.69) is 28.1 Å². The first-order valence-corrected chi connectivity index (χ1v) is 7.58. The van der Waals surface area contributed by atoms with Gasteiger partial charge in [-0.05, 0) is 24.0 Å². The number of aromatic nitrogens is 1. The number of aliphatic hydroxyl groups excluding tert-OH is 1. The molecule has 1 aromatic carbocycles. The maximum Gasteiger partial charge on any atom is 0.103 e. The van der Waals surface area contributed by atoms with E-state index in [1.165, 1.54) is 5.56 Å². The number of aliphatic hydroxyl groups is 1. The molecule has 2 atom stereocenters. The van der Waals surface area contributed by atoms with Gasteiger partial charge in [0.2, 0.25) is 0 Å². The number of pyridine rings is 1. The lowest BCUT2D eigenvalue weighted by Gasteiger charge is -2.39. The number of nitrogens with zero attached hydrogens (tertiary/aromatic N) is 3. The summed E-state index contributed by atoms with van der Waals surface area (Å²) in [6.45, 7) is 1.80. The summed E-state index contributed by atoms with van der Waals surface area (Å²) in [4.78, 5) is 6.21. The third-order valence-electron chi connectivity index (χ3n) is 4.46. The zero-order valence-electron chi connectivity index (χ0n) is 12.4. The predicted molar refractivity (Wildman–Crippen MR) is 85.5 cm³/mol. The lowest BCUT2D eigenvalue weighted by atomic mass is 9.80. The van der Waals surface area contributed by atoms with Crippen LogP contribution >= 0.6 is 0 Å². The molecule has 0 bridgehead atoms. The van der Waals surface area contributed by atoms with E-state index >= 15 is 0 Å². The third-order valence-corrected chi connectivity index (χ3v) is 4.46. The van der Waals surface area contributed by atoms with Gasteiger partial charge in [-0.1, -0.05) is 30.3 Å². The van der Waals surface area contributed by atoms with Crippen molar-refractivity contribution in [1.82, 2.24) is 4.98 Å². The first kappa shape index (κ1) is 14.6. The van der Waals surface area contributed by atoms with Crippen LogP contribution < -0.4 is 4.90 Å². The largest absolute Gasteiger partial charge is 0.396 e. The third kappa shape index (κ3) is 2.81. The highest BCUT2D eigenvalue weighted by atomic mass is 16.3. The van der Waals surface area contributed by atoms with Gasteiger partial charge < -0.3 is 10.0 Å². The molecule has 0 aliphatic carbocycles. The van der Waals surface area contributed by atoms with Crippen molar-refractivity contribution < 1.29 is 5.11 Å². The molecule has 2 heterocycles. The molecular weight excluding hydrogens is 274 g/mol. The number of hydrogen-bond acceptors (Lipinski definition) is 4. The van der Waals surface area contributed by atoms with Crippen molar-refractivity contribution >= 4 is 5.69 Å². The van der Waals surface area contributed by atoms with E-state index in [9.17, 15) is 10.4 Å². The summed E-state index contributed by atoms with van der Waals surface area (Å²) in [5.41, 5.74) is 2.80. The number of piperidine rings is 1. The van der Waals surface area contributed by atoms with Crippen molar-refractivity contribution in [3.63, 3.8) is 0 Å². The maximum absolute atomic E-state index is 9.81. The molecule has 1 fully saturated rings. The van der Waals surface area contributed by atoms with E-state index in [0.29, 0.717) is 11.5 Å². The second-order valence-corrected chi connectivity index (χ2v) is 5.70. The molecule has 0 spiro atoms. The molecule has 0 amide bonds. The van der Waals surface area contributed by atoms with Gasteiger partial charge in [-0.25, -0.2) is 0 Å². The Labute approximate surface area is 130 Å². The fourth-order valence-electron chi connectivity index (χ4n) is 3.32. The standard InChI is InChI=1S/C18H19N3O/c19-10-15-11-20-8-6-18(15)21-9-7-17(16(12-21)13-22)14-4-2-1-3-5-14/h1-6,8,11,16-17,22H,7,9,12-13H2/t16-,17+/m1/s1. The number of rotatable bonds is 3. The van der Waals surface area contributed by atoms with Crippen molar-refractivity contribution in [3.05, 3.63) is 59.9 Å². The average Bonchev–Trinajstić information content (AvgIpc) is 2.62. The molecule has 2 aromatic rings. The molecule has 1 aliphatic rings. The van der Waals surface area contributed by atoms with Crippen LogP contribution in [0.25, 0.3) is 0 Å². The molecule has 4 heteroatoms. The molecule has 112 valence electrons. The highest BCUT2D eigenvalue weighted by Crippen LogP contribution is 2.35. The van der Waals surface area contributed by atoms with Gasteiger partial charge in [0.05, 0.1) is 11.3 Å². The van der Waals surface area contributed by atoms with Crippen LogP contribution in [0.1, 0.15) is 23.5 Å². The zero-order valence-corrected chi connectivity index (χ0v) is 12.4. The topological polar surface area (TPSA) is 60.2 Å². The van der Waals surface area contributed by atoms with Gasteiger partial charge in [-0.3, -0.25) is 4.98 Å². The smallest absolute Gasteiger partial charge is 0.103 e. The highest BCUT2D eigenvalue weighted by Gasteiger charge is 2.30. The van der Waals surface area contributed by atoms with Gasteiger partial charge in [-0.15, -0.1) is 0 Å². The van der Waals surface area contributed by atoms with Gasteiger partial charge in [0, 0.05) is 38.0 Å². The minimum absolute atomic E-state index is 0.156. The van der Waals surface area contributed by atoms with Crippen LogP contribution in [0.15, 0.2) is 48.8 Å². The SMILES string of the molecule is N#Cc1cnccc1N1CC[C@@H](c2ccccc2)[C@@H](CO)C1. The Kier molecular flexibility index (Phi) is 4.36. The summed E-state index contributed by atoms with van der Waals surface area (Å²) in [6.07, 6.45) is 4.29. The van der Waals surface area contributed by atoms with Crippen molar-refractivity contribution in [2.75, 3.05) is 24.6 Å². The fourth-order valence-corrected chi connectivity index (χ4v) is 3.32. The molecule has 0 radical (unpaired) electrons. The van der Waals surface area contributed by atoms with Crippen molar-refractivity contribution in [1.29, 1.82) is 5.26 Å². The maximum atomic E-state index is 9.81. The van der Waals surface area contributed by atoms with Crippen molar-refractivity contribution in [2.45, 2.75) is 12.3 Å². The summed E-state index contributed by atoms with van der Waals surface area (Å²) in [5, 5.41) is 19.0. The van der Waals surface area contributed by atoms with Crippen LogP contribution in [-0.4, -0.2) is 29.8 Å². The molecule has 0 unspecified atom stereocenters. The zero-order chi connectivity index (χ0) is 15.4. The Hall–Kier alpha value is -2.38. The summed E-state index contributed by atoms with van der Waals surface area (Å²) in [7, 11) is 0. The molecule has 1 aliphatic heterocycles. The van der Waals surface area contributed by atoms with E-state index in [4.69, 9.17) is 0 Å². The Morgan fingerprint density at radius 1 is 1.27 bits per heavy atom. The van der Waals surface area contributed by atoms with Crippen LogP contribution in [0.5, 0.6) is 0 Å². The van der Waals surface area contributed by atoms with Crippen LogP contribution in [-0.2, 0) is 0 Å². The average molecular weight is 293 g/mol. The van der Waals surface area contributed by atoms with Gasteiger partial charge in [0.15, 0.2) is 0 Å². The predicted octanol–water partition coefficient (Wildman–Crippen LogP) is 2.56. The summed E-state index contributed by atoms with van der Waals surface area (Å²) < 4.78 is 0. The van der Waals surface area contributed by atoms with Crippen LogP contribution in [0.2, 0.25) is 0 Å². The number of benzene rings is 1. The van der Waals surface area contributed by atoms with Gasteiger partial charge in [0.25, 0.3) is 0 Å². The second kappa shape index (κ2) is 6.59. The van der Waals surface area contributed by atoms with E-state index in [-0.39, 0.29) is 12.5 Å². The van der Waals surface area contributed by atoms with E-state index in [1.807, 2.05) is 24.3 Å². The molecule has 0 saturated carbocycles. The van der Waals surface area contributed by atoms with Gasteiger partial charge >= 0.3 is 0 Å². The number of hydrogen-bond donors (Lipinski definition) is 1. The second-order valence-electron chi connectivity index (χ2n) is 5.70. The van der Waals surface area contributed by atoms with Crippen molar-refractivity contribution in [3.8, 4) is 6.07 Å². The van der Waals surface area contributed by atoms with E-state index in [1.54, 1.807) is 12.4 Å². The molecule has 3 rings (SSSR count). The Morgan fingerprint density at radius 2 is 2.09 bits per heavy atom. The fraction of sp³-hybridized carbons (Fsp3) is 0.333. The lowest BCUT2D eigenvalue weighted by Crippen LogP contribution is -2.41. The number of anilines is 1. The van der Waals surface area contributed by atoms with Crippen LogP contribution in [0.4, 0.5) is 5.69 Å².